The second kappa shape index (κ2) is 6.95. The maximum absolute atomic E-state index is 11.8. The molecule has 0 heterocycles. The monoisotopic (exact) mass is 263 g/mol. The number of carbonyl (C=O) groups is 1. The topological polar surface area (TPSA) is 69.6 Å². The number of carbonyl (C=O) groups excluding carboxylic acids is 1. The summed E-state index contributed by atoms with van der Waals surface area (Å²) in [6.45, 7) is 3.93. The van der Waals surface area contributed by atoms with Gasteiger partial charge in [0.1, 0.15) is 5.75 Å². The number of aliphatic hydroxyl groups excluding tert-OH is 1. The fourth-order valence-electron chi connectivity index (χ4n) is 1.67. The van der Waals surface area contributed by atoms with Gasteiger partial charge in [-0.2, -0.15) is 0 Å². The summed E-state index contributed by atoms with van der Waals surface area (Å²) in [5, 5.41) is 21.0. The van der Waals surface area contributed by atoms with Gasteiger partial charge in [-0.05, 0) is 43.5 Å². The lowest BCUT2D eigenvalue weighted by Gasteiger charge is -2.28. The van der Waals surface area contributed by atoms with E-state index in [-0.39, 0.29) is 23.8 Å². The van der Waals surface area contributed by atoms with Crippen molar-refractivity contribution < 1.29 is 15.0 Å². The molecule has 0 bridgehead atoms. The molecule has 1 atom stereocenters. The number of rotatable bonds is 6. The molecule has 0 fully saturated rings. The number of phenolic OH excluding ortho intramolecular Hbond substituents is 1. The number of aliphatic hydroxyl groups is 1. The van der Waals surface area contributed by atoms with Crippen LogP contribution >= 0.6 is 0 Å². The van der Waals surface area contributed by atoms with Gasteiger partial charge in [0.15, 0.2) is 0 Å². The van der Waals surface area contributed by atoms with Crippen molar-refractivity contribution in [3.8, 4) is 5.75 Å². The third-order valence-corrected chi connectivity index (χ3v) is 3.19. The van der Waals surface area contributed by atoms with E-state index in [4.69, 9.17) is 10.2 Å². The Bertz CT molecular complexity index is 439. The Morgan fingerprint density at radius 1 is 1.37 bits per heavy atom. The summed E-state index contributed by atoms with van der Waals surface area (Å²) in [5.74, 6) is 0.00832. The SMILES string of the molecule is CCC(C)(CCO)NC(=O)/C=C/c1ccc(O)cc1. The molecule has 0 aliphatic rings. The minimum atomic E-state index is -0.384. The van der Waals surface area contributed by atoms with Crippen LogP contribution in [0, 0.1) is 0 Å². The highest BCUT2D eigenvalue weighted by atomic mass is 16.3. The number of nitrogens with one attached hydrogen (secondary N) is 1. The molecule has 0 saturated carbocycles. The molecule has 0 radical (unpaired) electrons. The van der Waals surface area contributed by atoms with Crippen molar-refractivity contribution in [3.05, 3.63) is 35.9 Å². The molecular formula is C15H21NO3. The fraction of sp³-hybridized carbons (Fsp3) is 0.400. The molecule has 19 heavy (non-hydrogen) atoms. The first-order chi connectivity index (χ1) is 8.99. The summed E-state index contributed by atoms with van der Waals surface area (Å²) in [5.41, 5.74) is 0.457. The van der Waals surface area contributed by atoms with Crippen molar-refractivity contribution in [2.75, 3.05) is 6.61 Å². The summed E-state index contributed by atoms with van der Waals surface area (Å²) >= 11 is 0. The maximum Gasteiger partial charge on any atom is 0.244 e. The van der Waals surface area contributed by atoms with Gasteiger partial charge in [-0.15, -0.1) is 0 Å². The van der Waals surface area contributed by atoms with E-state index in [0.717, 1.165) is 12.0 Å². The number of amides is 1. The summed E-state index contributed by atoms with van der Waals surface area (Å²) in [7, 11) is 0. The van der Waals surface area contributed by atoms with Crippen molar-refractivity contribution in [1.82, 2.24) is 5.32 Å². The molecule has 1 aromatic carbocycles. The molecule has 4 heteroatoms. The van der Waals surface area contributed by atoms with Crippen LogP contribution in [0.2, 0.25) is 0 Å². The first-order valence-electron chi connectivity index (χ1n) is 6.39. The Balaban J connectivity index is 2.61. The minimum absolute atomic E-state index is 0.0479. The van der Waals surface area contributed by atoms with E-state index in [9.17, 15) is 4.79 Å². The summed E-state index contributed by atoms with van der Waals surface area (Å²) < 4.78 is 0. The molecule has 1 unspecified atom stereocenters. The van der Waals surface area contributed by atoms with Gasteiger partial charge in [-0.3, -0.25) is 4.79 Å². The van der Waals surface area contributed by atoms with Gasteiger partial charge in [0, 0.05) is 18.2 Å². The zero-order valence-electron chi connectivity index (χ0n) is 11.4. The highest BCUT2D eigenvalue weighted by molar-refractivity contribution is 5.92. The molecule has 0 aromatic heterocycles. The zero-order chi connectivity index (χ0) is 14.3. The van der Waals surface area contributed by atoms with Crippen LogP contribution in [0.25, 0.3) is 6.08 Å². The molecule has 0 aliphatic heterocycles. The predicted molar refractivity (Wildman–Crippen MR) is 75.7 cm³/mol. The van der Waals surface area contributed by atoms with E-state index < -0.39 is 0 Å². The second-order valence-electron chi connectivity index (χ2n) is 4.80. The number of benzene rings is 1. The Labute approximate surface area is 113 Å². The van der Waals surface area contributed by atoms with Crippen LogP contribution in [0.1, 0.15) is 32.3 Å². The molecule has 1 amide bonds. The van der Waals surface area contributed by atoms with Crippen molar-refractivity contribution in [2.24, 2.45) is 0 Å². The van der Waals surface area contributed by atoms with Crippen LogP contribution in [-0.4, -0.2) is 28.3 Å². The number of hydrogen-bond acceptors (Lipinski definition) is 3. The van der Waals surface area contributed by atoms with Gasteiger partial charge in [0.2, 0.25) is 5.91 Å². The van der Waals surface area contributed by atoms with E-state index in [1.54, 1.807) is 30.3 Å². The molecule has 1 aromatic rings. The van der Waals surface area contributed by atoms with Crippen molar-refractivity contribution in [2.45, 2.75) is 32.2 Å². The van der Waals surface area contributed by atoms with Crippen LogP contribution in [0.3, 0.4) is 0 Å². The lowest BCUT2D eigenvalue weighted by Crippen LogP contribution is -2.45. The smallest absolute Gasteiger partial charge is 0.244 e. The van der Waals surface area contributed by atoms with Crippen LogP contribution < -0.4 is 5.32 Å². The highest BCUT2D eigenvalue weighted by Gasteiger charge is 2.22. The second-order valence-corrected chi connectivity index (χ2v) is 4.80. The first kappa shape index (κ1) is 15.2. The van der Waals surface area contributed by atoms with Crippen LogP contribution in [0.15, 0.2) is 30.3 Å². The van der Waals surface area contributed by atoms with Crippen molar-refractivity contribution in [1.29, 1.82) is 0 Å². The van der Waals surface area contributed by atoms with Crippen LogP contribution in [0.4, 0.5) is 0 Å². The van der Waals surface area contributed by atoms with Crippen molar-refractivity contribution >= 4 is 12.0 Å². The van der Waals surface area contributed by atoms with E-state index in [1.165, 1.54) is 6.08 Å². The quantitative estimate of drug-likeness (QED) is 0.688. The molecule has 3 N–H and O–H groups in total. The van der Waals surface area contributed by atoms with E-state index in [2.05, 4.69) is 5.32 Å². The van der Waals surface area contributed by atoms with Crippen molar-refractivity contribution in [3.63, 3.8) is 0 Å². The summed E-state index contributed by atoms with van der Waals surface area (Å²) in [6.07, 6.45) is 4.43. The number of aromatic hydroxyl groups is 1. The molecule has 0 spiro atoms. The molecule has 4 nitrogen and oxygen atoms in total. The van der Waals surface area contributed by atoms with E-state index >= 15 is 0 Å². The molecule has 0 aliphatic carbocycles. The molecular weight excluding hydrogens is 242 g/mol. The van der Waals surface area contributed by atoms with Gasteiger partial charge in [-0.25, -0.2) is 0 Å². The summed E-state index contributed by atoms with van der Waals surface area (Å²) in [6, 6.07) is 6.59. The van der Waals surface area contributed by atoms with Gasteiger partial charge >= 0.3 is 0 Å². The minimum Gasteiger partial charge on any atom is -0.508 e. The Hall–Kier alpha value is -1.81. The molecule has 1 rings (SSSR count). The molecule has 0 saturated heterocycles. The number of hydrogen-bond donors (Lipinski definition) is 3. The average molecular weight is 263 g/mol. The first-order valence-corrected chi connectivity index (χ1v) is 6.39. The number of phenols is 1. The summed E-state index contributed by atoms with van der Waals surface area (Å²) in [4.78, 5) is 11.8. The highest BCUT2D eigenvalue weighted by Crippen LogP contribution is 2.14. The van der Waals surface area contributed by atoms with Gasteiger partial charge in [0.25, 0.3) is 0 Å². The van der Waals surface area contributed by atoms with E-state index in [1.807, 2.05) is 13.8 Å². The van der Waals surface area contributed by atoms with Crippen LogP contribution in [0.5, 0.6) is 5.75 Å². The zero-order valence-corrected chi connectivity index (χ0v) is 11.4. The largest absolute Gasteiger partial charge is 0.508 e. The standard InChI is InChI=1S/C15H21NO3/c1-3-15(2,10-11-17)16-14(19)9-6-12-4-7-13(18)8-5-12/h4-9,17-18H,3,10-11H2,1-2H3,(H,16,19)/b9-6+. The third kappa shape index (κ3) is 5.14. The van der Waals surface area contributed by atoms with Gasteiger partial charge in [-0.1, -0.05) is 19.1 Å². The normalized spacial score (nSPS) is 14.3. The van der Waals surface area contributed by atoms with Crippen LogP contribution in [-0.2, 0) is 4.79 Å². The van der Waals surface area contributed by atoms with E-state index in [0.29, 0.717) is 6.42 Å². The predicted octanol–water partition coefficient (Wildman–Crippen LogP) is 2.07. The Morgan fingerprint density at radius 2 is 2.00 bits per heavy atom. The fourth-order valence-corrected chi connectivity index (χ4v) is 1.67. The van der Waals surface area contributed by atoms with Gasteiger partial charge in [0.05, 0.1) is 0 Å². The third-order valence-electron chi connectivity index (χ3n) is 3.19. The molecule has 104 valence electrons. The lowest BCUT2D eigenvalue weighted by molar-refractivity contribution is -0.118. The maximum atomic E-state index is 11.8. The Morgan fingerprint density at radius 3 is 2.53 bits per heavy atom. The Kier molecular flexibility index (Phi) is 5.57. The van der Waals surface area contributed by atoms with Gasteiger partial charge < -0.3 is 15.5 Å². The average Bonchev–Trinajstić information content (AvgIpc) is 2.38. The lowest BCUT2D eigenvalue weighted by atomic mass is 9.95.